The molecule has 0 fully saturated rings. The molecule has 4 aromatic rings. The van der Waals surface area contributed by atoms with Crippen LogP contribution in [0.2, 0.25) is 0 Å². The van der Waals surface area contributed by atoms with Crippen LogP contribution in [0.5, 0.6) is 0 Å². The summed E-state index contributed by atoms with van der Waals surface area (Å²) in [7, 11) is -19.7. The topological polar surface area (TPSA) is 195 Å². The minimum Gasteiger partial charge on any atom is -1.00 e. The number of hydrogen-bond donors (Lipinski definition) is 2. The van der Waals surface area contributed by atoms with Crippen LogP contribution in [0.3, 0.4) is 0 Å². The third-order valence-electron chi connectivity index (χ3n) is 5.81. The molecule has 0 aliphatic rings. The summed E-state index contributed by atoms with van der Waals surface area (Å²) in [6.45, 7) is 0. The number of hydrogen-bond acceptors (Lipinski definition) is 10. The van der Waals surface area contributed by atoms with Crippen LogP contribution in [0.15, 0.2) is 129 Å². The second-order valence-electron chi connectivity index (χ2n) is 8.79. The third-order valence-corrected chi connectivity index (χ3v) is 9.99. The Labute approximate surface area is 284 Å². The molecule has 17 heteroatoms. The first-order chi connectivity index (χ1) is 20.6. The SMILES string of the molecule is O=S(=O)(O)c1cc(S(=O)(=O)OC=Cc2ccccc2)ccc1-c1ccc(S(=O)(=O)OC=Cc2ccccc2)cc1S(=O)(=O)O.[H-].[Na+]. The number of benzene rings is 4. The Morgan fingerprint density at radius 1 is 0.511 bits per heavy atom. The zero-order valence-corrected chi connectivity index (χ0v) is 28.4. The molecule has 0 atom stereocenters. The summed E-state index contributed by atoms with van der Waals surface area (Å²) in [5, 5.41) is 0. The van der Waals surface area contributed by atoms with E-state index in [0.717, 1.165) is 36.8 Å². The molecule has 45 heavy (non-hydrogen) atoms. The summed E-state index contributed by atoms with van der Waals surface area (Å²) in [5.41, 5.74) is 0.0375. The number of rotatable bonds is 11. The molecular weight excluding hydrogens is 680 g/mol. The minimum atomic E-state index is -5.23. The van der Waals surface area contributed by atoms with Crippen molar-refractivity contribution in [3.8, 4) is 11.1 Å². The van der Waals surface area contributed by atoms with Crippen LogP contribution < -0.4 is 29.6 Å². The smallest absolute Gasteiger partial charge is 1.00 e. The van der Waals surface area contributed by atoms with E-state index in [2.05, 4.69) is 0 Å². The molecular formula is C28H23NaO12S4. The van der Waals surface area contributed by atoms with E-state index >= 15 is 0 Å². The van der Waals surface area contributed by atoms with Crippen molar-refractivity contribution < 1.29 is 82.1 Å². The van der Waals surface area contributed by atoms with Crippen molar-refractivity contribution in [2.75, 3.05) is 0 Å². The van der Waals surface area contributed by atoms with Gasteiger partial charge in [-0.3, -0.25) is 9.11 Å². The summed E-state index contributed by atoms with van der Waals surface area (Å²) in [4.78, 5) is -3.59. The first kappa shape index (κ1) is 36.2. The van der Waals surface area contributed by atoms with Crippen LogP contribution in [0, 0.1) is 0 Å². The van der Waals surface area contributed by atoms with Crippen LogP contribution in [-0.4, -0.2) is 42.8 Å². The average molecular weight is 703 g/mol. The van der Waals surface area contributed by atoms with Gasteiger partial charge < -0.3 is 9.79 Å². The van der Waals surface area contributed by atoms with Crippen LogP contribution in [0.25, 0.3) is 23.3 Å². The van der Waals surface area contributed by atoms with Crippen molar-refractivity contribution in [1.29, 1.82) is 0 Å². The second kappa shape index (κ2) is 14.4. The maximum absolute atomic E-state index is 12.7. The summed E-state index contributed by atoms with van der Waals surface area (Å²) < 4.78 is 130. The van der Waals surface area contributed by atoms with E-state index in [1.54, 1.807) is 60.7 Å². The summed E-state index contributed by atoms with van der Waals surface area (Å²) in [6.07, 6.45) is 4.34. The second-order valence-corrected chi connectivity index (χ2v) is 14.7. The molecule has 0 bridgehead atoms. The van der Waals surface area contributed by atoms with Crippen molar-refractivity contribution in [1.82, 2.24) is 0 Å². The Hall–Kier alpha value is -3.32. The van der Waals surface area contributed by atoms with Crippen molar-refractivity contribution in [3.63, 3.8) is 0 Å². The molecule has 232 valence electrons. The van der Waals surface area contributed by atoms with Gasteiger partial charge in [0.15, 0.2) is 0 Å². The Kier molecular flexibility index (Phi) is 11.6. The first-order valence-corrected chi connectivity index (χ1v) is 17.8. The van der Waals surface area contributed by atoms with Gasteiger partial charge in [-0.25, -0.2) is 0 Å². The first-order valence-electron chi connectivity index (χ1n) is 12.1. The van der Waals surface area contributed by atoms with Crippen molar-refractivity contribution in [2.45, 2.75) is 19.6 Å². The van der Waals surface area contributed by atoms with E-state index in [0.29, 0.717) is 23.3 Å². The van der Waals surface area contributed by atoms with Gasteiger partial charge >= 0.3 is 49.8 Å². The van der Waals surface area contributed by atoms with Crippen LogP contribution in [-0.2, 0) is 48.8 Å². The van der Waals surface area contributed by atoms with Gasteiger partial charge in [0.05, 0.1) is 0 Å². The third kappa shape index (κ3) is 9.35. The molecule has 0 aromatic heterocycles. The van der Waals surface area contributed by atoms with E-state index in [9.17, 15) is 42.8 Å². The fourth-order valence-corrected chi connectivity index (χ4v) is 7.02. The van der Waals surface area contributed by atoms with Crippen molar-refractivity contribution >= 4 is 52.6 Å². The van der Waals surface area contributed by atoms with Crippen LogP contribution >= 0.6 is 0 Å². The minimum absolute atomic E-state index is 0. The van der Waals surface area contributed by atoms with E-state index in [1.807, 2.05) is 0 Å². The summed E-state index contributed by atoms with van der Waals surface area (Å²) >= 11 is 0. The molecule has 0 saturated heterocycles. The Balaban J connectivity index is 0.00000368. The zero-order chi connectivity index (χ0) is 32.2. The van der Waals surface area contributed by atoms with Crippen molar-refractivity contribution in [2.24, 2.45) is 0 Å². The van der Waals surface area contributed by atoms with E-state index < -0.39 is 71.2 Å². The van der Waals surface area contributed by atoms with Gasteiger partial charge in [-0.15, -0.1) is 0 Å². The van der Waals surface area contributed by atoms with Gasteiger partial charge in [0.25, 0.3) is 20.2 Å². The fraction of sp³-hybridized carbons (Fsp3) is 0. The van der Waals surface area contributed by atoms with Gasteiger partial charge in [-0.2, -0.15) is 33.7 Å². The van der Waals surface area contributed by atoms with Gasteiger partial charge in [-0.1, -0.05) is 72.8 Å². The molecule has 4 rings (SSSR count). The summed E-state index contributed by atoms with van der Waals surface area (Å²) in [6, 6.07) is 21.4. The zero-order valence-electron chi connectivity index (χ0n) is 24.2. The maximum atomic E-state index is 12.7. The molecule has 0 spiro atoms. The van der Waals surface area contributed by atoms with Gasteiger partial charge in [0.1, 0.15) is 32.1 Å². The van der Waals surface area contributed by atoms with E-state index in [1.165, 1.54) is 12.2 Å². The molecule has 0 unspecified atom stereocenters. The van der Waals surface area contributed by atoms with E-state index in [-0.39, 0.29) is 31.0 Å². The van der Waals surface area contributed by atoms with E-state index in [4.69, 9.17) is 8.37 Å². The molecule has 4 aromatic carbocycles. The van der Waals surface area contributed by atoms with Crippen molar-refractivity contribution in [3.05, 3.63) is 121 Å². The predicted octanol–water partition coefficient (Wildman–Crippen LogP) is 1.72. The van der Waals surface area contributed by atoms with Crippen LogP contribution in [0.4, 0.5) is 0 Å². The Bertz CT molecular complexity index is 2030. The quantitative estimate of drug-likeness (QED) is 0.0996. The largest absolute Gasteiger partial charge is 1.00 e. The van der Waals surface area contributed by atoms with Gasteiger partial charge in [0, 0.05) is 11.1 Å². The molecule has 0 radical (unpaired) electrons. The standard InChI is InChI=1S/C28H22O12S4.Na.H/c29-41(30,31)27-19-23(43(35,36)39-17-15-21-7-3-1-4-8-21)11-13-25(27)26-14-12-24(20-28(26)42(32,33)34)44(37,38)40-18-16-22-9-5-2-6-10-22;;/h1-20H,(H,29,30,31)(H,32,33,34);;/q;+1;-1. The van der Waals surface area contributed by atoms with Crippen LogP contribution in [0.1, 0.15) is 12.6 Å². The average Bonchev–Trinajstić information content (AvgIpc) is 2.96. The molecule has 0 aliphatic carbocycles. The molecule has 0 amide bonds. The van der Waals surface area contributed by atoms with Gasteiger partial charge in [0.2, 0.25) is 0 Å². The summed E-state index contributed by atoms with van der Waals surface area (Å²) in [5.74, 6) is 0. The normalized spacial score (nSPS) is 12.6. The van der Waals surface area contributed by atoms with Gasteiger partial charge in [-0.05, 0) is 47.5 Å². The Morgan fingerprint density at radius 2 is 0.844 bits per heavy atom. The molecule has 2 N–H and O–H groups in total. The molecule has 0 saturated carbocycles. The predicted molar refractivity (Wildman–Crippen MR) is 160 cm³/mol. The molecule has 0 aliphatic heterocycles. The molecule has 0 heterocycles. The maximum Gasteiger partial charge on any atom is 1.00 e. The fourth-order valence-electron chi connectivity index (χ4n) is 3.79. The Morgan fingerprint density at radius 3 is 1.16 bits per heavy atom. The molecule has 12 nitrogen and oxygen atoms in total. The monoisotopic (exact) mass is 702 g/mol.